The zero-order valence-electron chi connectivity index (χ0n) is 23.3. The molecule has 4 aliphatic heterocycles. The molecule has 0 aromatic rings. The van der Waals surface area contributed by atoms with Gasteiger partial charge in [0.05, 0.1) is 25.9 Å². The van der Waals surface area contributed by atoms with Crippen molar-refractivity contribution < 1.29 is 99.5 Å². The predicted octanol–water partition coefficient (Wildman–Crippen LogP) is -8.72. The van der Waals surface area contributed by atoms with E-state index in [0.717, 1.165) is 0 Å². The first-order valence-corrected chi connectivity index (χ1v) is 14.0. The van der Waals surface area contributed by atoms with Gasteiger partial charge in [-0.3, -0.25) is 0 Å². The monoisotopic (exact) mass is 650 g/mol. The van der Waals surface area contributed by atoms with Crippen LogP contribution in [0.4, 0.5) is 0 Å². The molecule has 0 radical (unpaired) electrons. The fourth-order valence-electron chi connectivity index (χ4n) is 5.48. The lowest BCUT2D eigenvalue weighted by Crippen LogP contribution is -2.67. The van der Waals surface area contributed by atoms with E-state index in [-0.39, 0.29) is 0 Å². The maximum Gasteiger partial charge on any atom is 0.187 e. The summed E-state index contributed by atoms with van der Waals surface area (Å²) < 4.78 is 38.0. The number of hydrogen-bond donors (Lipinski definition) is 13. The van der Waals surface area contributed by atoms with E-state index >= 15 is 0 Å². The van der Waals surface area contributed by atoms with E-state index in [0.29, 0.717) is 0 Å². The number of aliphatic hydroxyl groups excluding tert-OH is 13. The van der Waals surface area contributed by atoms with Gasteiger partial charge in [0.15, 0.2) is 25.2 Å². The van der Waals surface area contributed by atoms with Gasteiger partial charge in [-0.15, -0.1) is 0 Å². The highest BCUT2D eigenvalue weighted by molar-refractivity contribution is 4.97. The van der Waals surface area contributed by atoms with Gasteiger partial charge in [-0.05, 0) is 6.92 Å². The summed E-state index contributed by atoms with van der Waals surface area (Å²) in [7, 11) is 0. The summed E-state index contributed by atoms with van der Waals surface area (Å²) in [4.78, 5) is 0. The van der Waals surface area contributed by atoms with E-state index in [1.165, 1.54) is 6.92 Å². The average Bonchev–Trinajstić information content (AvgIpc) is 3.01. The molecule has 0 unspecified atom stereocenters. The van der Waals surface area contributed by atoms with Crippen LogP contribution >= 0.6 is 0 Å². The highest BCUT2D eigenvalue weighted by atomic mass is 16.8. The minimum absolute atomic E-state index is 0.767. The van der Waals surface area contributed by atoms with Crippen LogP contribution < -0.4 is 0 Å². The first kappa shape index (κ1) is 36.0. The van der Waals surface area contributed by atoms with E-state index in [1.54, 1.807) is 0 Å². The number of hydrogen-bond acceptors (Lipinski definition) is 20. The lowest BCUT2D eigenvalue weighted by molar-refractivity contribution is -0.386. The fourth-order valence-corrected chi connectivity index (χ4v) is 5.48. The Kier molecular flexibility index (Phi) is 12.3. The van der Waals surface area contributed by atoms with Crippen LogP contribution in [-0.4, -0.2) is 209 Å². The van der Waals surface area contributed by atoms with Crippen LogP contribution in [-0.2, 0) is 33.2 Å². The van der Waals surface area contributed by atoms with E-state index in [2.05, 4.69) is 0 Å². The molecule has 258 valence electrons. The molecule has 13 N–H and O–H groups in total. The van der Waals surface area contributed by atoms with E-state index < -0.39 is 143 Å². The van der Waals surface area contributed by atoms with Gasteiger partial charge >= 0.3 is 0 Å². The Labute approximate surface area is 249 Å². The van der Waals surface area contributed by atoms with Crippen molar-refractivity contribution in [2.45, 2.75) is 130 Å². The minimum atomic E-state index is -1.97. The van der Waals surface area contributed by atoms with Crippen molar-refractivity contribution in [1.29, 1.82) is 0 Å². The number of rotatable bonds is 9. The Morgan fingerprint density at radius 1 is 0.409 bits per heavy atom. The molecule has 20 atom stereocenters. The largest absolute Gasteiger partial charge is 0.394 e. The highest BCUT2D eigenvalue weighted by Gasteiger charge is 2.54. The molecule has 4 fully saturated rings. The second-order valence-corrected chi connectivity index (χ2v) is 11.1. The predicted molar refractivity (Wildman–Crippen MR) is 132 cm³/mol. The first-order chi connectivity index (χ1) is 20.7. The minimum Gasteiger partial charge on any atom is -0.394 e. The van der Waals surface area contributed by atoms with Gasteiger partial charge in [0.25, 0.3) is 0 Å². The molecule has 4 saturated heterocycles. The Balaban J connectivity index is 1.46. The molecular weight excluding hydrogens is 608 g/mol. The van der Waals surface area contributed by atoms with E-state index in [1.807, 2.05) is 0 Å². The Bertz CT molecular complexity index is 896. The van der Waals surface area contributed by atoms with Crippen LogP contribution in [0.25, 0.3) is 0 Å². The van der Waals surface area contributed by atoms with Gasteiger partial charge in [-0.1, -0.05) is 0 Å². The number of aliphatic hydroxyl groups is 13. The second kappa shape index (κ2) is 15.0. The quantitative estimate of drug-likeness (QED) is 0.110. The Hall–Kier alpha value is -0.800. The molecule has 20 heteroatoms. The summed E-state index contributed by atoms with van der Waals surface area (Å²) in [6, 6.07) is 0. The molecule has 0 spiro atoms. The third kappa shape index (κ3) is 7.05. The van der Waals surface area contributed by atoms with Gasteiger partial charge < -0.3 is 99.5 Å². The third-order valence-electron chi connectivity index (χ3n) is 8.16. The van der Waals surface area contributed by atoms with Crippen molar-refractivity contribution >= 4 is 0 Å². The maximum absolute atomic E-state index is 11.0. The molecular formula is C24H42O20. The molecule has 20 nitrogen and oxygen atoms in total. The molecule has 4 aliphatic rings. The molecule has 0 aliphatic carbocycles. The molecule has 4 heterocycles. The van der Waals surface area contributed by atoms with Crippen molar-refractivity contribution in [3.05, 3.63) is 0 Å². The Morgan fingerprint density at radius 3 is 1.39 bits per heavy atom. The average molecular weight is 651 g/mol. The summed E-state index contributed by atoms with van der Waals surface area (Å²) in [5.41, 5.74) is 0. The van der Waals surface area contributed by atoms with Gasteiger partial charge in [0.2, 0.25) is 0 Å². The van der Waals surface area contributed by atoms with Gasteiger partial charge in [0, 0.05) is 0 Å². The normalized spacial score (nSPS) is 53.9. The maximum atomic E-state index is 11.0. The lowest BCUT2D eigenvalue weighted by atomic mass is 9.95. The SMILES string of the molecule is C[C@H]1O[C@@H](O[C@H]2[C@H](O)[C@@H](O)[C@H](O[C@H]3[C@H](O)[C@@H](O)[C@H](O)O[C@@H]3CO)O[C@@H]2CO)[C@H](O)[C@@H](O[C@@H]2O[C@H](CO)[C@@H](O)[C@H](O)[C@H]2O)[C@@H]1O. The van der Waals surface area contributed by atoms with Crippen molar-refractivity contribution in [2.24, 2.45) is 0 Å². The fraction of sp³-hybridized carbons (Fsp3) is 1.00. The van der Waals surface area contributed by atoms with Crippen LogP contribution in [0.2, 0.25) is 0 Å². The summed E-state index contributed by atoms with van der Waals surface area (Å²) in [5.74, 6) is 0. The molecule has 0 aromatic heterocycles. The van der Waals surface area contributed by atoms with Gasteiger partial charge in [-0.2, -0.15) is 0 Å². The first-order valence-electron chi connectivity index (χ1n) is 14.0. The molecule has 0 aromatic carbocycles. The number of ether oxygens (including phenoxy) is 7. The van der Waals surface area contributed by atoms with Crippen LogP contribution in [0.5, 0.6) is 0 Å². The zero-order valence-corrected chi connectivity index (χ0v) is 23.3. The lowest BCUT2D eigenvalue weighted by Gasteiger charge is -2.48. The zero-order chi connectivity index (χ0) is 32.6. The van der Waals surface area contributed by atoms with Crippen molar-refractivity contribution in [3.63, 3.8) is 0 Å². The molecule has 0 saturated carbocycles. The summed E-state index contributed by atoms with van der Waals surface area (Å²) in [6.45, 7) is -1.07. The van der Waals surface area contributed by atoms with E-state index in [9.17, 15) is 66.4 Å². The van der Waals surface area contributed by atoms with Crippen LogP contribution in [0.15, 0.2) is 0 Å². The molecule has 0 amide bonds. The third-order valence-corrected chi connectivity index (χ3v) is 8.16. The van der Waals surface area contributed by atoms with Crippen LogP contribution in [0, 0.1) is 0 Å². The van der Waals surface area contributed by atoms with Crippen LogP contribution in [0.3, 0.4) is 0 Å². The summed E-state index contributed by atoms with van der Waals surface area (Å²) in [5, 5.41) is 133. The summed E-state index contributed by atoms with van der Waals surface area (Å²) in [6.07, 6.45) is -33.9. The van der Waals surface area contributed by atoms with Crippen molar-refractivity contribution in [3.8, 4) is 0 Å². The van der Waals surface area contributed by atoms with E-state index in [4.69, 9.17) is 33.2 Å². The van der Waals surface area contributed by atoms with Crippen LogP contribution in [0.1, 0.15) is 6.92 Å². The smallest absolute Gasteiger partial charge is 0.187 e. The topological polar surface area (TPSA) is 328 Å². The summed E-state index contributed by atoms with van der Waals surface area (Å²) >= 11 is 0. The van der Waals surface area contributed by atoms with Crippen molar-refractivity contribution in [2.75, 3.05) is 19.8 Å². The molecule has 0 bridgehead atoms. The Morgan fingerprint density at radius 2 is 0.841 bits per heavy atom. The molecule has 4 rings (SSSR count). The van der Waals surface area contributed by atoms with Gasteiger partial charge in [-0.25, -0.2) is 0 Å². The standard InChI is InChI=1S/C24H42O20/c1-5-9(28)20(44-22-15(34)11(30)10(29)6(2-25)40-22)17(36)24(38-5)43-19-8(4-27)41-23(16(35)13(19)32)42-18-7(3-26)39-21(37)14(33)12(18)31/h5-37H,2-4H2,1H3/t5-,6-,7-,8-,9-,10-,11+,12-,13-,14-,15-,16-,17-,18-,19-,20+,21-,22+,23+,24+/m1/s1. The molecule has 44 heavy (non-hydrogen) atoms. The van der Waals surface area contributed by atoms with Gasteiger partial charge in [0.1, 0.15) is 91.6 Å². The van der Waals surface area contributed by atoms with Crippen molar-refractivity contribution in [1.82, 2.24) is 0 Å². The highest BCUT2D eigenvalue weighted by Crippen LogP contribution is 2.34. The second-order valence-electron chi connectivity index (χ2n) is 11.1.